The first-order valence-electron chi connectivity index (χ1n) is 5.81. The van der Waals surface area contributed by atoms with Gasteiger partial charge in [-0.1, -0.05) is 11.6 Å². The van der Waals surface area contributed by atoms with Crippen molar-refractivity contribution in [1.29, 1.82) is 0 Å². The fourth-order valence-electron chi connectivity index (χ4n) is 1.65. The lowest BCUT2D eigenvalue weighted by Gasteiger charge is -2.05. The summed E-state index contributed by atoms with van der Waals surface area (Å²) in [4.78, 5) is 27.0. The van der Waals surface area contributed by atoms with Crippen LogP contribution in [0, 0.1) is 12.7 Å². The van der Waals surface area contributed by atoms with E-state index in [0.717, 1.165) is 23.5 Å². The van der Waals surface area contributed by atoms with Crippen LogP contribution in [0.25, 0.3) is 0 Å². The second kappa shape index (κ2) is 6.19. The summed E-state index contributed by atoms with van der Waals surface area (Å²) in [5.41, 5.74) is 0.543. The number of halogens is 2. The Morgan fingerprint density at radius 1 is 1.48 bits per heavy atom. The van der Waals surface area contributed by atoms with E-state index in [2.05, 4.69) is 10.3 Å². The maximum Gasteiger partial charge on any atom is 0.347 e. The van der Waals surface area contributed by atoms with Gasteiger partial charge in [0.2, 0.25) is 0 Å². The highest BCUT2D eigenvalue weighted by Gasteiger charge is 2.15. The number of nitrogens with one attached hydrogen (secondary N) is 1. The lowest BCUT2D eigenvalue weighted by atomic mass is 10.2. The van der Waals surface area contributed by atoms with Crippen molar-refractivity contribution in [2.24, 2.45) is 0 Å². The number of benzene rings is 1. The molecule has 0 bridgehead atoms. The molecule has 1 aromatic carbocycles. The van der Waals surface area contributed by atoms with Crippen molar-refractivity contribution in [2.45, 2.75) is 13.5 Å². The van der Waals surface area contributed by atoms with Crippen LogP contribution in [0.3, 0.4) is 0 Å². The Hall–Kier alpha value is -1.99. The minimum atomic E-state index is -1.05. The molecule has 0 atom stereocenters. The van der Waals surface area contributed by atoms with Crippen molar-refractivity contribution >= 4 is 34.8 Å². The number of amides is 1. The molecular weight excluding hydrogens is 319 g/mol. The van der Waals surface area contributed by atoms with Crippen LogP contribution in [0.15, 0.2) is 18.2 Å². The van der Waals surface area contributed by atoms with Crippen molar-refractivity contribution < 1.29 is 19.1 Å². The van der Waals surface area contributed by atoms with Crippen molar-refractivity contribution in [1.82, 2.24) is 10.3 Å². The Bertz CT molecular complexity index is 717. The fraction of sp³-hybridized carbons (Fsp3) is 0.154. The third kappa shape index (κ3) is 3.56. The molecule has 0 unspecified atom stereocenters. The second-order valence-corrected chi connectivity index (χ2v) is 5.62. The van der Waals surface area contributed by atoms with Crippen LogP contribution >= 0.6 is 22.9 Å². The van der Waals surface area contributed by atoms with Gasteiger partial charge in [-0.25, -0.2) is 14.2 Å². The first-order valence-corrected chi connectivity index (χ1v) is 7.00. The zero-order valence-corrected chi connectivity index (χ0v) is 12.4. The zero-order chi connectivity index (χ0) is 15.6. The maximum absolute atomic E-state index is 12.9. The SMILES string of the molecule is Cc1nc(CNC(=O)c2ccc(F)cc2Cl)sc1C(=O)O. The number of thiazole rings is 1. The molecule has 2 rings (SSSR count). The molecule has 0 saturated heterocycles. The molecule has 0 fully saturated rings. The Kier molecular flexibility index (Phi) is 4.54. The van der Waals surface area contributed by atoms with Gasteiger partial charge in [0.05, 0.1) is 22.8 Å². The molecule has 0 aliphatic carbocycles. The van der Waals surface area contributed by atoms with Crippen molar-refractivity contribution in [3.8, 4) is 0 Å². The van der Waals surface area contributed by atoms with Gasteiger partial charge in [0.25, 0.3) is 5.91 Å². The summed E-state index contributed by atoms with van der Waals surface area (Å²) in [7, 11) is 0. The van der Waals surface area contributed by atoms with Crippen LogP contribution in [0.1, 0.15) is 30.7 Å². The lowest BCUT2D eigenvalue weighted by molar-refractivity contribution is 0.0701. The van der Waals surface area contributed by atoms with Crippen LogP contribution in [-0.4, -0.2) is 22.0 Å². The maximum atomic E-state index is 12.9. The minimum Gasteiger partial charge on any atom is -0.477 e. The molecule has 110 valence electrons. The predicted molar refractivity (Wildman–Crippen MR) is 76.4 cm³/mol. The standard InChI is InChI=1S/C13H10ClFN2O3S/c1-6-11(13(19)20)21-10(17-6)5-16-12(18)8-3-2-7(15)4-9(8)14/h2-4H,5H2,1H3,(H,16,18)(H,19,20). The van der Waals surface area contributed by atoms with Crippen LogP contribution in [-0.2, 0) is 6.54 Å². The van der Waals surface area contributed by atoms with Crippen LogP contribution in [0.2, 0.25) is 5.02 Å². The number of aromatic carboxylic acids is 1. The number of carboxylic acids is 1. The quantitative estimate of drug-likeness (QED) is 0.904. The smallest absolute Gasteiger partial charge is 0.347 e. The average molecular weight is 329 g/mol. The van der Waals surface area contributed by atoms with Gasteiger partial charge in [0, 0.05) is 0 Å². The topological polar surface area (TPSA) is 79.3 Å². The fourth-order valence-corrected chi connectivity index (χ4v) is 2.75. The number of rotatable bonds is 4. The van der Waals surface area contributed by atoms with Crippen LogP contribution in [0.5, 0.6) is 0 Å². The van der Waals surface area contributed by atoms with Gasteiger partial charge in [0.15, 0.2) is 0 Å². The van der Waals surface area contributed by atoms with E-state index in [1.165, 1.54) is 6.07 Å². The van der Waals surface area contributed by atoms with E-state index in [4.69, 9.17) is 16.7 Å². The summed E-state index contributed by atoms with van der Waals surface area (Å²) >= 11 is 6.78. The molecule has 5 nitrogen and oxygen atoms in total. The second-order valence-electron chi connectivity index (χ2n) is 4.13. The van der Waals surface area contributed by atoms with E-state index >= 15 is 0 Å². The number of carbonyl (C=O) groups is 2. The highest BCUT2D eigenvalue weighted by atomic mass is 35.5. The molecule has 0 spiro atoms. The molecule has 1 amide bonds. The third-order valence-corrected chi connectivity index (χ3v) is 4.07. The van der Waals surface area contributed by atoms with E-state index in [1.54, 1.807) is 6.92 Å². The number of hydrogen-bond acceptors (Lipinski definition) is 4. The number of carboxylic acid groups (broad SMARTS) is 1. The summed E-state index contributed by atoms with van der Waals surface area (Å²) in [6, 6.07) is 3.46. The molecule has 1 heterocycles. The number of carbonyl (C=O) groups excluding carboxylic acids is 1. The zero-order valence-electron chi connectivity index (χ0n) is 10.8. The van der Waals surface area contributed by atoms with E-state index in [1.807, 2.05) is 0 Å². The third-order valence-electron chi connectivity index (χ3n) is 2.61. The van der Waals surface area contributed by atoms with E-state index in [0.29, 0.717) is 10.7 Å². The summed E-state index contributed by atoms with van der Waals surface area (Å²) in [6.45, 7) is 1.66. The molecule has 0 saturated carbocycles. The number of nitrogens with zero attached hydrogens (tertiary/aromatic N) is 1. The van der Waals surface area contributed by atoms with Crippen molar-refractivity contribution in [3.05, 3.63) is 50.2 Å². The van der Waals surface area contributed by atoms with E-state index in [9.17, 15) is 14.0 Å². The Balaban J connectivity index is 2.07. The summed E-state index contributed by atoms with van der Waals surface area (Å²) in [5, 5.41) is 12.0. The van der Waals surface area contributed by atoms with Gasteiger partial charge in [-0.15, -0.1) is 11.3 Å². The van der Waals surface area contributed by atoms with Crippen LogP contribution in [0.4, 0.5) is 4.39 Å². The van der Waals surface area contributed by atoms with Gasteiger partial charge < -0.3 is 10.4 Å². The van der Waals surface area contributed by atoms with E-state index < -0.39 is 17.7 Å². The van der Waals surface area contributed by atoms with Crippen molar-refractivity contribution in [2.75, 3.05) is 0 Å². The highest BCUT2D eigenvalue weighted by molar-refractivity contribution is 7.13. The molecule has 8 heteroatoms. The van der Waals surface area contributed by atoms with Gasteiger partial charge in [-0.05, 0) is 25.1 Å². The molecule has 2 aromatic rings. The Morgan fingerprint density at radius 2 is 2.19 bits per heavy atom. The molecule has 0 radical (unpaired) electrons. The molecule has 2 N–H and O–H groups in total. The first-order chi connectivity index (χ1) is 9.88. The molecule has 0 aliphatic heterocycles. The van der Waals surface area contributed by atoms with Crippen LogP contribution < -0.4 is 5.32 Å². The average Bonchev–Trinajstić information content (AvgIpc) is 2.77. The van der Waals surface area contributed by atoms with Gasteiger partial charge in [-0.3, -0.25) is 4.79 Å². The summed E-state index contributed by atoms with van der Waals surface area (Å²) in [6.07, 6.45) is 0. The van der Waals surface area contributed by atoms with Gasteiger partial charge >= 0.3 is 5.97 Å². The summed E-state index contributed by atoms with van der Waals surface area (Å²) in [5.74, 6) is -2.06. The molecular formula is C13H10ClFN2O3S. The van der Waals surface area contributed by atoms with E-state index in [-0.39, 0.29) is 22.0 Å². The molecule has 21 heavy (non-hydrogen) atoms. The Morgan fingerprint density at radius 3 is 2.76 bits per heavy atom. The van der Waals surface area contributed by atoms with Gasteiger partial charge in [-0.2, -0.15) is 0 Å². The normalized spacial score (nSPS) is 10.4. The highest BCUT2D eigenvalue weighted by Crippen LogP contribution is 2.19. The molecule has 0 aliphatic rings. The van der Waals surface area contributed by atoms with Crippen molar-refractivity contribution in [3.63, 3.8) is 0 Å². The lowest BCUT2D eigenvalue weighted by Crippen LogP contribution is -2.23. The number of aryl methyl sites for hydroxylation is 1. The predicted octanol–water partition coefficient (Wildman–Crippen LogP) is 2.87. The van der Waals surface area contributed by atoms with Gasteiger partial charge in [0.1, 0.15) is 15.7 Å². The number of aromatic nitrogens is 1. The first kappa shape index (κ1) is 15.4. The largest absolute Gasteiger partial charge is 0.477 e. The summed E-state index contributed by atoms with van der Waals surface area (Å²) < 4.78 is 12.9. The monoisotopic (exact) mass is 328 g/mol. The number of hydrogen-bond donors (Lipinski definition) is 2. The Labute approximate surface area is 128 Å². The molecule has 1 aromatic heterocycles. The minimum absolute atomic E-state index is 0.00837.